The van der Waals surface area contributed by atoms with Crippen molar-refractivity contribution in [3.63, 3.8) is 0 Å². The SMILES string of the molecule is COCC1(C(=O)N2CCC(CCC(C)C)CC2)CCNCC1. The van der Waals surface area contributed by atoms with Crippen molar-refractivity contribution in [1.82, 2.24) is 10.2 Å². The Morgan fingerprint density at radius 3 is 2.45 bits per heavy atom. The number of amides is 1. The zero-order valence-corrected chi connectivity index (χ0v) is 14.7. The molecule has 2 fully saturated rings. The van der Waals surface area contributed by atoms with E-state index in [1.165, 1.54) is 25.7 Å². The molecule has 2 rings (SSSR count). The Morgan fingerprint density at radius 2 is 1.91 bits per heavy atom. The molecule has 2 aliphatic heterocycles. The van der Waals surface area contributed by atoms with E-state index in [-0.39, 0.29) is 5.41 Å². The number of hydrogen-bond acceptors (Lipinski definition) is 3. The Balaban J connectivity index is 1.87. The average Bonchev–Trinajstić information content (AvgIpc) is 2.54. The lowest BCUT2D eigenvalue weighted by Gasteiger charge is -2.42. The van der Waals surface area contributed by atoms with Gasteiger partial charge in [0.15, 0.2) is 0 Å². The molecule has 0 atom stereocenters. The second-order valence-corrected chi connectivity index (χ2v) is 7.67. The normalized spacial score (nSPS) is 23.0. The average molecular weight is 310 g/mol. The van der Waals surface area contributed by atoms with E-state index in [1.54, 1.807) is 7.11 Å². The molecule has 0 unspecified atom stereocenters. The molecular formula is C18H34N2O2. The molecule has 0 aromatic carbocycles. The van der Waals surface area contributed by atoms with E-state index in [2.05, 4.69) is 24.1 Å². The third kappa shape index (κ3) is 4.45. The summed E-state index contributed by atoms with van der Waals surface area (Å²) in [5.41, 5.74) is -0.273. The fourth-order valence-corrected chi connectivity index (χ4v) is 3.93. The molecule has 128 valence electrons. The maximum Gasteiger partial charge on any atom is 0.231 e. The molecule has 0 spiro atoms. The van der Waals surface area contributed by atoms with Gasteiger partial charge in [0.2, 0.25) is 5.91 Å². The maximum absolute atomic E-state index is 13.1. The Labute approximate surface area is 136 Å². The minimum Gasteiger partial charge on any atom is -0.384 e. The van der Waals surface area contributed by atoms with Crippen molar-refractivity contribution in [3.8, 4) is 0 Å². The first kappa shape index (κ1) is 17.7. The number of hydrogen-bond donors (Lipinski definition) is 1. The summed E-state index contributed by atoms with van der Waals surface area (Å²) in [4.78, 5) is 15.2. The van der Waals surface area contributed by atoms with Crippen LogP contribution in [0.1, 0.15) is 52.4 Å². The van der Waals surface area contributed by atoms with Gasteiger partial charge in [0.1, 0.15) is 0 Å². The molecule has 0 radical (unpaired) electrons. The zero-order chi connectivity index (χ0) is 16.0. The second kappa shape index (κ2) is 8.30. The van der Waals surface area contributed by atoms with Crippen LogP contribution in [0.15, 0.2) is 0 Å². The summed E-state index contributed by atoms with van der Waals surface area (Å²) in [5, 5.41) is 3.36. The maximum atomic E-state index is 13.1. The predicted octanol–water partition coefficient (Wildman–Crippen LogP) is 2.68. The second-order valence-electron chi connectivity index (χ2n) is 7.67. The first-order valence-electron chi connectivity index (χ1n) is 9.06. The Kier molecular flexibility index (Phi) is 6.69. The third-order valence-electron chi connectivity index (χ3n) is 5.49. The van der Waals surface area contributed by atoms with E-state index in [4.69, 9.17) is 4.74 Å². The summed E-state index contributed by atoms with van der Waals surface area (Å²) < 4.78 is 5.41. The van der Waals surface area contributed by atoms with Gasteiger partial charge in [-0.1, -0.05) is 26.7 Å². The molecule has 4 nitrogen and oxygen atoms in total. The van der Waals surface area contributed by atoms with Gasteiger partial charge in [-0.15, -0.1) is 0 Å². The van der Waals surface area contributed by atoms with Crippen molar-refractivity contribution in [2.75, 3.05) is 39.9 Å². The number of nitrogens with one attached hydrogen (secondary N) is 1. The number of rotatable bonds is 6. The Morgan fingerprint density at radius 1 is 1.27 bits per heavy atom. The highest BCUT2D eigenvalue weighted by atomic mass is 16.5. The van der Waals surface area contributed by atoms with E-state index in [0.717, 1.165) is 50.9 Å². The molecule has 22 heavy (non-hydrogen) atoms. The zero-order valence-electron chi connectivity index (χ0n) is 14.7. The van der Waals surface area contributed by atoms with E-state index in [1.807, 2.05) is 0 Å². The molecule has 2 aliphatic rings. The van der Waals surface area contributed by atoms with Crippen molar-refractivity contribution < 1.29 is 9.53 Å². The molecule has 0 saturated carbocycles. The lowest BCUT2D eigenvalue weighted by Crippen LogP contribution is -2.53. The van der Waals surface area contributed by atoms with Crippen molar-refractivity contribution in [2.45, 2.75) is 52.4 Å². The van der Waals surface area contributed by atoms with Gasteiger partial charge in [0.05, 0.1) is 12.0 Å². The fraction of sp³-hybridized carbons (Fsp3) is 0.944. The van der Waals surface area contributed by atoms with Crippen LogP contribution >= 0.6 is 0 Å². The van der Waals surface area contributed by atoms with Crippen LogP contribution < -0.4 is 5.32 Å². The van der Waals surface area contributed by atoms with Crippen LogP contribution in [0.4, 0.5) is 0 Å². The Hall–Kier alpha value is -0.610. The smallest absolute Gasteiger partial charge is 0.231 e. The van der Waals surface area contributed by atoms with Crippen LogP contribution in [0.3, 0.4) is 0 Å². The van der Waals surface area contributed by atoms with Crippen LogP contribution in [-0.2, 0) is 9.53 Å². The Bertz CT molecular complexity index is 337. The number of nitrogens with zero attached hydrogens (tertiary/aromatic N) is 1. The van der Waals surface area contributed by atoms with E-state index in [0.29, 0.717) is 12.5 Å². The van der Waals surface area contributed by atoms with E-state index < -0.39 is 0 Å². The lowest BCUT2D eigenvalue weighted by molar-refractivity contribution is -0.149. The quantitative estimate of drug-likeness (QED) is 0.820. The molecular weight excluding hydrogens is 276 g/mol. The van der Waals surface area contributed by atoms with Crippen LogP contribution in [-0.4, -0.2) is 50.7 Å². The largest absolute Gasteiger partial charge is 0.384 e. The van der Waals surface area contributed by atoms with Crippen LogP contribution in [0.2, 0.25) is 0 Å². The summed E-state index contributed by atoms with van der Waals surface area (Å²) in [6.07, 6.45) is 6.82. The van der Waals surface area contributed by atoms with Crippen LogP contribution in [0.25, 0.3) is 0 Å². The highest BCUT2D eigenvalue weighted by Crippen LogP contribution is 2.34. The van der Waals surface area contributed by atoms with Gasteiger partial charge in [-0.25, -0.2) is 0 Å². The molecule has 0 aromatic heterocycles. The number of piperidine rings is 2. The van der Waals surface area contributed by atoms with Crippen LogP contribution in [0, 0.1) is 17.3 Å². The molecule has 1 amide bonds. The van der Waals surface area contributed by atoms with E-state index in [9.17, 15) is 4.79 Å². The number of methoxy groups -OCH3 is 1. The first-order valence-corrected chi connectivity index (χ1v) is 9.06. The highest BCUT2D eigenvalue weighted by molar-refractivity contribution is 5.83. The molecule has 1 N–H and O–H groups in total. The number of likely N-dealkylation sites (tertiary alicyclic amines) is 1. The predicted molar refractivity (Wildman–Crippen MR) is 89.8 cm³/mol. The standard InChI is InChI=1S/C18H34N2O2/c1-15(2)4-5-16-6-12-20(13-7-16)17(21)18(14-22-3)8-10-19-11-9-18/h15-16,19H,4-14H2,1-3H3. The third-order valence-corrected chi connectivity index (χ3v) is 5.49. The van der Waals surface area contributed by atoms with Gasteiger partial charge in [-0.05, 0) is 50.6 Å². The molecule has 0 bridgehead atoms. The van der Waals surface area contributed by atoms with Crippen molar-refractivity contribution in [3.05, 3.63) is 0 Å². The summed E-state index contributed by atoms with van der Waals surface area (Å²) in [6, 6.07) is 0. The van der Waals surface area contributed by atoms with Crippen molar-refractivity contribution in [1.29, 1.82) is 0 Å². The molecule has 2 saturated heterocycles. The van der Waals surface area contributed by atoms with Gasteiger partial charge in [0, 0.05) is 20.2 Å². The first-order chi connectivity index (χ1) is 10.6. The number of ether oxygens (including phenoxy) is 1. The van der Waals surface area contributed by atoms with Crippen LogP contribution in [0.5, 0.6) is 0 Å². The summed E-state index contributed by atoms with van der Waals surface area (Å²) in [7, 11) is 1.72. The molecule has 0 aromatic rings. The topological polar surface area (TPSA) is 41.6 Å². The summed E-state index contributed by atoms with van der Waals surface area (Å²) in [5.74, 6) is 1.95. The van der Waals surface area contributed by atoms with Crippen molar-refractivity contribution in [2.24, 2.45) is 17.3 Å². The van der Waals surface area contributed by atoms with Gasteiger partial charge in [-0.3, -0.25) is 4.79 Å². The fourth-order valence-electron chi connectivity index (χ4n) is 3.93. The van der Waals surface area contributed by atoms with Gasteiger partial charge in [-0.2, -0.15) is 0 Å². The molecule has 4 heteroatoms. The van der Waals surface area contributed by atoms with Gasteiger partial charge in [0.25, 0.3) is 0 Å². The summed E-state index contributed by atoms with van der Waals surface area (Å²) >= 11 is 0. The summed E-state index contributed by atoms with van der Waals surface area (Å²) in [6.45, 7) is 8.91. The minimum absolute atomic E-state index is 0.273. The highest BCUT2D eigenvalue weighted by Gasteiger charge is 2.42. The minimum atomic E-state index is -0.273. The lowest BCUT2D eigenvalue weighted by atomic mass is 9.77. The molecule has 2 heterocycles. The van der Waals surface area contributed by atoms with Gasteiger partial charge >= 0.3 is 0 Å². The van der Waals surface area contributed by atoms with E-state index >= 15 is 0 Å². The van der Waals surface area contributed by atoms with Crippen molar-refractivity contribution >= 4 is 5.91 Å². The molecule has 0 aliphatic carbocycles. The number of carbonyl (C=O) groups is 1. The van der Waals surface area contributed by atoms with Gasteiger partial charge < -0.3 is 15.0 Å². The monoisotopic (exact) mass is 310 g/mol. The number of carbonyl (C=O) groups excluding carboxylic acids is 1.